The van der Waals surface area contributed by atoms with Crippen molar-refractivity contribution in [3.05, 3.63) is 27.7 Å². The van der Waals surface area contributed by atoms with Gasteiger partial charge >= 0.3 is 5.97 Å². The van der Waals surface area contributed by atoms with Crippen molar-refractivity contribution in [1.82, 2.24) is 4.98 Å². The maximum Gasteiger partial charge on any atom is 0.308 e. The van der Waals surface area contributed by atoms with Crippen LogP contribution in [0.4, 0.5) is 8.78 Å². The maximum absolute atomic E-state index is 12.2. The number of nitrogens with one attached hydrogen (secondary N) is 1. The van der Waals surface area contributed by atoms with Gasteiger partial charge in [0.1, 0.15) is 5.69 Å². The van der Waals surface area contributed by atoms with Crippen molar-refractivity contribution in [2.45, 2.75) is 12.8 Å². The molecule has 7 heteroatoms. The minimum absolute atomic E-state index is 0.274. The summed E-state index contributed by atoms with van der Waals surface area (Å²) in [4.78, 5) is 23.4. The average Bonchev–Trinajstić information content (AvgIpc) is 2.12. The summed E-state index contributed by atoms with van der Waals surface area (Å²) in [6, 6.07) is 0. The van der Waals surface area contributed by atoms with Gasteiger partial charge in [-0.05, 0) is 0 Å². The van der Waals surface area contributed by atoms with Gasteiger partial charge in [0.2, 0.25) is 5.43 Å². The van der Waals surface area contributed by atoms with Crippen LogP contribution >= 0.6 is 0 Å². The molecule has 0 amide bonds. The van der Waals surface area contributed by atoms with E-state index in [4.69, 9.17) is 10.2 Å². The Kier molecular flexibility index (Phi) is 3.03. The van der Waals surface area contributed by atoms with E-state index in [1.54, 1.807) is 0 Å². The Balaban J connectivity index is 3.22. The second kappa shape index (κ2) is 4.07. The van der Waals surface area contributed by atoms with Crippen molar-refractivity contribution in [3.63, 3.8) is 0 Å². The van der Waals surface area contributed by atoms with Crippen LogP contribution in [0.5, 0.6) is 5.75 Å². The van der Waals surface area contributed by atoms with Crippen LogP contribution < -0.4 is 5.43 Å². The van der Waals surface area contributed by atoms with Crippen LogP contribution in [0.25, 0.3) is 0 Å². The molecule has 1 heterocycles. The first-order valence-electron chi connectivity index (χ1n) is 3.87. The molecule has 0 spiro atoms. The Morgan fingerprint density at radius 2 is 2.13 bits per heavy atom. The number of aromatic amines is 1. The summed E-state index contributed by atoms with van der Waals surface area (Å²) in [6.07, 6.45) is -2.79. The molecule has 1 rings (SSSR count). The third kappa shape index (κ3) is 2.30. The summed E-state index contributed by atoms with van der Waals surface area (Å²) in [5.41, 5.74) is -2.27. The molecule has 0 saturated heterocycles. The molecule has 0 bridgehead atoms. The van der Waals surface area contributed by atoms with E-state index < -0.39 is 35.7 Å². The van der Waals surface area contributed by atoms with Crippen LogP contribution in [-0.2, 0) is 11.2 Å². The molecule has 1 aromatic rings. The van der Waals surface area contributed by atoms with Crippen LogP contribution in [0.1, 0.15) is 17.7 Å². The third-order valence-electron chi connectivity index (χ3n) is 1.72. The fraction of sp³-hybridized carbons (Fsp3) is 0.250. The first-order valence-corrected chi connectivity index (χ1v) is 3.87. The molecule has 0 atom stereocenters. The highest BCUT2D eigenvalue weighted by atomic mass is 19.3. The van der Waals surface area contributed by atoms with E-state index in [2.05, 4.69) is 0 Å². The SMILES string of the molecule is O=C(O)Cc1c[nH]c(C(F)F)c(O)c1=O. The first kappa shape index (κ1) is 11.2. The standard InChI is InChI=1S/C8H7F2NO4/c9-8(10)5-7(15)6(14)3(2-11-5)1-4(12)13/h2,8,15H,1H2,(H,11,14)(H,12,13). The summed E-state index contributed by atoms with van der Waals surface area (Å²) in [7, 11) is 0. The zero-order valence-electron chi connectivity index (χ0n) is 7.33. The Morgan fingerprint density at radius 1 is 1.53 bits per heavy atom. The second-order valence-electron chi connectivity index (χ2n) is 2.78. The van der Waals surface area contributed by atoms with E-state index >= 15 is 0 Å². The number of hydrogen-bond donors (Lipinski definition) is 3. The molecule has 82 valence electrons. The van der Waals surface area contributed by atoms with Crippen molar-refractivity contribution < 1.29 is 23.8 Å². The quantitative estimate of drug-likeness (QED) is 0.695. The normalized spacial score (nSPS) is 10.6. The highest BCUT2D eigenvalue weighted by molar-refractivity contribution is 5.70. The van der Waals surface area contributed by atoms with Crippen molar-refractivity contribution >= 4 is 5.97 Å². The van der Waals surface area contributed by atoms with E-state index in [0.29, 0.717) is 0 Å². The van der Waals surface area contributed by atoms with E-state index in [1.165, 1.54) is 0 Å². The van der Waals surface area contributed by atoms with Gasteiger partial charge in [-0.1, -0.05) is 0 Å². The molecule has 0 aliphatic carbocycles. The molecule has 0 aliphatic heterocycles. The zero-order valence-corrected chi connectivity index (χ0v) is 7.33. The van der Waals surface area contributed by atoms with Crippen LogP contribution in [0.15, 0.2) is 11.0 Å². The zero-order chi connectivity index (χ0) is 11.6. The topological polar surface area (TPSA) is 90.4 Å². The monoisotopic (exact) mass is 219 g/mol. The van der Waals surface area contributed by atoms with Crippen LogP contribution in [-0.4, -0.2) is 21.2 Å². The number of pyridine rings is 1. The first-order chi connectivity index (χ1) is 6.93. The molecular weight excluding hydrogens is 212 g/mol. The van der Waals surface area contributed by atoms with Gasteiger partial charge in [-0.2, -0.15) is 0 Å². The molecule has 3 N–H and O–H groups in total. The molecule has 0 radical (unpaired) electrons. The molecule has 0 aromatic carbocycles. The number of H-pyrrole nitrogens is 1. The number of aromatic hydroxyl groups is 1. The lowest BCUT2D eigenvalue weighted by atomic mass is 10.1. The smallest absolute Gasteiger partial charge is 0.308 e. The number of carboxylic acids is 1. The summed E-state index contributed by atoms with van der Waals surface area (Å²) in [5.74, 6) is -2.42. The lowest BCUT2D eigenvalue weighted by Gasteiger charge is -2.04. The summed E-state index contributed by atoms with van der Waals surface area (Å²) in [5, 5.41) is 17.4. The van der Waals surface area contributed by atoms with Gasteiger partial charge in [0.25, 0.3) is 6.43 Å². The molecule has 5 nitrogen and oxygen atoms in total. The average molecular weight is 219 g/mol. The minimum atomic E-state index is -3.02. The minimum Gasteiger partial charge on any atom is -0.503 e. The van der Waals surface area contributed by atoms with Crippen molar-refractivity contribution in [2.24, 2.45) is 0 Å². The largest absolute Gasteiger partial charge is 0.503 e. The fourth-order valence-corrected chi connectivity index (χ4v) is 1.03. The van der Waals surface area contributed by atoms with Crippen LogP contribution in [0, 0.1) is 0 Å². The Morgan fingerprint density at radius 3 is 2.60 bits per heavy atom. The van der Waals surface area contributed by atoms with Crippen LogP contribution in [0.3, 0.4) is 0 Å². The van der Waals surface area contributed by atoms with Gasteiger partial charge in [-0.25, -0.2) is 8.78 Å². The van der Waals surface area contributed by atoms with Gasteiger partial charge in [-0.15, -0.1) is 0 Å². The number of aromatic nitrogens is 1. The summed E-state index contributed by atoms with van der Waals surface area (Å²) < 4.78 is 24.3. The predicted molar refractivity (Wildman–Crippen MR) is 45.0 cm³/mol. The summed E-state index contributed by atoms with van der Waals surface area (Å²) >= 11 is 0. The van der Waals surface area contributed by atoms with E-state index in [-0.39, 0.29) is 5.56 Å². The highest BCUT2D eigenvalue weighted by Gasteiger charge is 2.18. The highest BCUT2D eigenvalue weighted by Crippen LogP contribution is 2.22. The number of hydrogen-bond acceptors (Lipinski definition) is 3. The van der Waals surface area contributed by atoms with Crippen molar-refractivity contribution in [3.8, 4) is 5.75 Å². The molecule has 15 heavy (non-hydrogen) atoms. The Bertz CT molecular complexity index is 441. The Labute approximate surface area is 82.0 Å². The van der Waals surface area contributed by atoms with Gasteiger partial charge in [-0.3, -0.25) is 9.59 Å². The molecule has 0 fully saturated rings. The molecular formula is C8H7F2NO4. The number of carbonyl (C=O) groups is 1. The Hall–Kier alpha value is -1.92. The van der Waals surface area contributed by atoms with Crippen LogP contribution in [0.2, 0.25) is 0 Å². The van der Waals surface area contributed by atoms with Gasteiger partial charge in [0.05, 0.1) is 6.42 Å². The molecule has 0 saturated carbocycles. The number of halogens is 2. The maximum atomic E-state index is 12.2. The summed E-state index contributed by atoms with van der Waals surface area (Å²) in [6.45, 7) is 0. The second-order valence-corrected chi connectivity index (χ2v) is 2.78. The number of carboxylic acid groups (broad SMARTS) is 1. The van der Waals surface area contributed by atoms with Gasteiger partial charge in [0, 0.05) is 11.8 Å². The number of aliphatic carboxylic acids is 1. The number of alkyl halides is 2. The van der Waals surface area contributed by atoms with Crippen molar-refractivity contribution in [2.75, 3.05) is 0 Å². The van der Waals surface area contributed by atoms with Gasteiger partial charge in [0.15, 0.2) is 5.75 Å². The molecule has 0 unspecified atom stereocenters. The van der Waals surface area contributed by atoms with Crippen molar-refractivity contribution in [1.29, 1.82) is 0 Å². The lowest BCUT2D eigenvalue weighted by Crippen LogP contribution is -2.15. The lowest BCUT2D eigenvalue weighted by molar-refractivity contribution is -0.136. The third-order valence-corrected chi connectivity index (χ3v) is 1.72. The van der Waals surface area contributed by atoms with E-state index in [9.17, 15) is 18.4 Å². The number of rotatable bonds is 3. The van der Waals surface area contributed by atoms with Gasteiger partial charge < -0.3 is 15.2 Å². The molecule has 1 aromatic heterocycles. The molecule has 0 aliphatic rings. The van der Waals surface area contributed by atoms with E-state index in [0.717, 1.165) is 6.20 Å². The van der Waals surface area contributed by atoms with E-state index in [1.807, 2.05) is 4.98 Å². The predicted octanol–water partition coefficient (Wildman–Crippen LogP) is 0.645. The fourth-order valence-electron chi connectivity index (χ4n) is 1.03.